The number of anilines is 1. The van der Waals surface area contributed by atoms with Gasteiger partial charge in [-0.15, -0.1) is 0 Å². The summed E-state index contributed by atoms with van der Waals surface area (Å²) in [5.41, 5.74) is 2.35. The minimum Gasteiger partial charge on any atom is -0.507 e. The topological polar surface area (TPSA) is 52.9 Å². The van der Waals surface area contributed by atoms with Crippen LogP contribution in [0.15, 0.2) is 17.1 Å². The number of likely N-dealkylation sites (N-methyl/N-ethyl adjacent to an activating group) is 1. The molecule has 1 aliphatic heterocycles. The normalized spacial score (nSPS) is 20.2. The van der Waals surface area contributed by atoms with Crippen LogP contribution < -0.4 is 4.90 Å². The maximum atomic E-state index is 10.8. The number of rotatable bonds is 2. The van der Waals surface area contributed by atoms with Crippen molar-refractivity contribution in [3.05, 3.63) is 23.3 Å². The molecule has 1 aromatic rings. The third-order valence-corrected chi connectivity index (χ3v) is 4.56. The van der Waals surface area contributed by atoms with E-state index in [1.54, 1.807) is 6.08 Å². The van der Waals surface area contributed by atoms with Gasteiger partial charge in [-0.3, -0.25) is 0 Å². The molecule has 1 aliphatic carbocycles. The van der Waals surface area contributed by atoms with Gasteiger partial charge < -0.3 is 10.0 Å². The lowest BCUT2D eigenvalue weighted by molar-refractivity contribution is 0.406. The minimum absolute atomic E-state index is 0.336. The van der Waals surface area contributed by atoms with Gasteiger partial charge in [0.2, 0.25) is 6.08 Å². The van der Waals surface area contributed by atoms with E-state index in [4.69, 9.17) is 0 Å². The van der Waals surface area contributed by atoms with Gasteiger partial charge in [0.15, 0.2) is 0 Å². The molecule has 1 heterocycles. The Kier molecular flexibility index (Phi) is 2.83. The number of isocyanates is 1. The largest absolute Gasteiger partial charge is 0.507 e. The molecule has 100 valence electrons. The van der Waals surface area contributed by atoms with Crippen LogP contribution >= 0.6 is 0 Å². The van der Waals surface area contributed by atoms with E-state index in [0.717, 1.165) is 55.5 Å². The predicted octanol–water partition coefficient (Wildman–Crippen LogP) is 2.49. The smallest absolute Gasteiger partial charge is 0.235 e. The summed E-state index contributed by atoms with van der Waals surface area (Å²) in [6.45, 7) is 0.927. The second-order valence-electron chi connectivity index (χ2n) is 5.57. The van der Waals surface area contributed by atoms with Crippen molar-refractivity contribution >= 4 is 11.8 Å². The molecule has 0 radical (unpaired) electrons. The third-order valence-electron chi connectivity index (χ3n) is 4.56. The fourth-order valence-electron chi connectivity index (χ4n) is 3.49. The van der Waals surface area contributed by atoms with Crippen molar-refractivity contribution in [2.75, 3.05) is 18.5 Å². The average molecular weight is 258 g/mol. The van der Waals surface area contributed by atoms with E-state index < -0.39 is 5.54 Å². The molecule has 4 heteroatoms. The van der Waals surface area contributed by atoms with Crippen molar-refractivity contribution in [3.8, 4) is 5.75 Å². The van der Waals surface area contributed by atoms with E-state index in [9.17, 15) is 9.90 Å². The number of carbonyl (C=O) groups excluding carboxylic acids is 1. The molecule has 2 aliphatic rings. The summed E-state index contributed by atoms with van der Waals surface area (Å²) in [5, 5.41) is 10.6. The van der Waals surface area contributed by atoms with Crippen molar-refractivity contribution < 1.29 is 9.90 Å². The maximum absolute atomic E-state index is 10.8. The van der Waals surface area contributed by atoms with Crippen LogP contribution in [-0.2, 0) is 16.8 Å². The molecule has 0 spiro atoms. The zero-order chi connectivity index (χ0) is 13.5. The molecular weight excluding hydrogens is 240 g/mol. The van der Waals surface area contributed by atoms with Crippen LogP contribution in [0.5, 0.6) is 5.75 Å². The van der Waals surface area contributed by atoms with Crippen LogP contribution in [0.25, 0.3) is 0 Å². The molecule has 0 atom stereocenters. The molecule has 0 amide bonds. The maximum Gasteiger partial charge on any atom is 0.235 e. The predicted molar refractivity (Wildman–Crippen MR) is 73.3 cm³/mol. The number of phenols is 1. The lowest BCUT2D eigenvalue weighted by atomic mass is 9.86. The average Bonchev–Trinajstić information content (AvgIpc) is 3.00. The first-order valence-electron chi connectivity index (χ1n) is 6.83. The highest BCUT2D eigenvalue weighted by atomic mass is 16.3. The Labute approximate surface area is 112 Å². The number of hydrogen-bond acceptors (Lipinski definition) is 4. The zero-order valence-electron chi connectivity index (χ0n) is 11.1. The molecular formula is C15H18N2O2. The molecule has 4 nitrogen and oxygen atoms in total. The van der Waals surface area contributed by atoms with Gasteiger partial charge in [0, 0.05) is 30.4 Å². The SMILES string of the molecule is CN1CCc2c1ccc(C1(N=C=O)CCCC1)c2O. The van der Waals surface area contributed by atoms with Crippen molar-refractivity contribution in [2.24, 2.45) is 4.99 Å². The zero-order valence-corrected chi connectivity index (χ0v) is 11.1. The Balaban J connectivity index is 2.13. The highest BCUT2D eigenvalue weighted by Crippen LogP contribution is 2.48. The van der Waals surface area contributed by atoms with Gasteiger partial charge in [-0.25, -0.2) is 4.79 Å². The van der Waals surface area contributed by atoms with Crippen molar-refractivity contribution in [3.63, 3.8) is 0 Å². The van der Waals surface area contributed by atoms with Gasteiger partial charge in [-0.1, -0.05) is 18.9 Å². The van der Waals surface area contributed by atoms with Crippen LogP contribution in [0, 0.1) is 0 Å². The fourth-order valence-corrected chi connectivity index (χ4v) is 3.49. The quantitative estimate of drug-likeness (QED) is 0.655. The van der Waals surface area contributed by atoms with E-state index in [1.807, 2.05) is 19.2 Å². The fraction of sp³-hybridized carbons (Fsp3) is 0.533. The lowest BCUT2D eigenvalue weighted by Crippen LogP contribution is -2.19. The molecule has 0 bridgehead atoms. The molecule has 0 aromatic heterocycles. The van der Waals surface area contributed by atoms with Crippen LogP contribution in [0.3, 0.4) is 0 Å². The number of aromatic hydroxyl groups is 1. The summed E-state index contributed by atoms with van der Waals surface area (Å²) < 4.78 is 0. The highest BCUT2D eigenvalue weighted by molar-refractivity contribution is 5.66. The number of aliphatic imine (C=N–C) groups is 1. The lowest BCUT2D eigenvalue weighted by Gasteiger charge is -2.25. The van der Waals surface area contributed by atoms with Gasteiger partial charge in [-0.2, -0.15) is 4.99 Å². The Hall–Kier alpha value is -1.80. The highest BCUT2D eigenvalue weighted by Gasteiger charge is 2.39. The van der Waals surface area contributed by atoms with Crippen LogP contribution in [-0.4, -0.2) is 24.8 Å². The number of hydrogen-bond donors (Lipinski definition) is 1. The van der Waals surface area contributed by atoms with E-state index >= 15 is 0 Å². The van der Waals surface area contributed by atoms with Gasteiger partial charge in [0.05, 0.1) is 0 Å². The van der Waals surface area contributed by atoms with Gasteiger partial charge in [0.1, 0.15) is 11.3 Å². The van der Waals surface area contributed by atoms with Crippen LogP contribution in [0.2, 0.25) is 0 Å². The molecule has 1 aromatic carbocycles. The van der Waals surface area contributed by atoms with Crippen LogP contribution in [0.4, 0.5) is 5.69 Å². The van der Waals surface area contributed by atoms with Crippen LogP contribution in [0.1, 0.15) is 36.8 Å². The summed E-state index contributed by atoms with van der Waals surface area (Å²) in [6, 6.07) is 3.97. The van der Waals surface area contributed by atoms with E-state index in [2.05, 4.69) is 9.89 Å². The van der Waals surface area contributed by atoms with Gasteiger partial charge in [0.25, 0.3) is 0 Å². The molecule has 1 saturated carbocycles. The number of benzene rings is 1. The molecule has 1 fully saturated rings. The first-order valence-corrected chi connectivity index (χ1v) is 6.83. The number of phenolic OH excluding ortho intramolecular Hbond substituents is 1. The molecule has 0 unspecified atom stereocenters. The molecule has 19 heavy (non-hydrogen) atoms. The number of fused-ring (bicyclic) bond motifs is 1. The Morgan fingerprint density at radius 1 is 1.37 bits per heavy atom. The van der Waals surface area contributed by atoms with Crippen molar-refractivity contribution in [2.45, 2.75) is 37.6 Å². The molecule has 3 rings (SSSR count). The standard InChI is InChI=1S/C15H18N2O2/c1-17-9-6-11-13(17)5-4-12(14(11)19)15(16-10-18)7-2-3-8-15/h4-5,19H,2-3,6-9H2,1H3. The Morgan fingerprint density at radius 3 is 2.79 bits per heavy atom. The van der Waals surface area contributed by atoms with Gasteiger partial charge in [-0.05, 0) is 25.3 Å². The third kappa shape index (κ3) is 1.75. The summed E-state index contributed by atoms with van der Waals surface area (Å²) in [7, 11) is 2.03. The second-order valence-corrected chi connectivity index (χ2v) is 5.57. The Morgan fingerprint density at radius 2 is 2.11 bits per heavy atom. The molecule has 0 saturated heterocycles. The summed E-state index contributed by atoms with van der Waals surface area (Å²) in [5.74, 6) is 0.336. The first-order chi connectivity index (χ1) is 9.18. The van der Waals surface area contributed by atoms with E-state index in [-0.39, 0.29) is 0 Å². The summed E-state index contributed by atoms with van der Waals surface area (Å²) in [6.07, 6.45) is 6.29. The monoisotopic (exact) mass is 258 g/mol. The molecule has 1 N–H and O–H groups in total. The second kappa shape index (κ2) is 4.39. The first kappa shape index (κ1) is 12.2. The van der Waals surface area contributed by atoms with Crippen molar-refractivity contribution in [1.82, 2.24) is 0 Å². The van der Waals surface area contributed by atoms with Crippen molar-refractivity contribution in [1.29, 1.82) is 0 Å². The summed E-state index contributed by atoms with van der Waals surface area (Å²) in [4.78, 5) is 16.9. The van der Waals surface area contributed by atoms with E-state index in [0.29, 0.717) is 5.75 Å². The number of nitrogens with zero attached hydrogens (tertiary/aromatic N) is 2. The minimum atomic E-state index is -0.540. The van der Waals surface area contributed by atoms with E-state index in [1.165, 1.54) is 0 Å². The van der Waals surface area contributed by atoms with Gasteiger partial charge >= 0.3 is 0 Å². The summed E-state index contributed by atoms with van der Waals surface area (Å²) >= 11 is 0. The Bertz CT molecular complexity index is 556.